The van der Waals surface area contributed by atoms with Gasteiger partial charge in [-0.15, -0.1) is 0 Å². The van der Waals surface area contributed by atoms with Crippen LogP contribution in [0.25, 0.3) is 0 Å². The molecular formula is C10H15N5O3. The number of hydrogen-bond acceptors (Lipinski definition) is 7. The van der Waals surface area contributed by atoms with E-state index >= 15 is 0 Å². The number of nitrogens with zero attached hydrogens (tertiary/aromatic N) is 3. The quantitative estimate of drug-likeness (QED) is 0.596. The van der Waals surface area contributed by atoms with Crippen LogP contribution in [0.4, 0.5) is 17.3 Å². The summed E-state index contributed by atoms with van der Waals surface area (Å²) in [7, 11) is 3.25. The molecule has 2 rings (SSSR count). The molecule has 1 heterocycles. The van der Waals surface area contributed by atoms with Gasteiger partial charge in [-0.2, -0.15) is 0 Å². The summed E-state index contributed by atoms with van der Waals surface area (Å²) >= 11 is 0. The summed E-state index contributed by atoms with van der Waals surface area (Å²) in [4.78, 5) is 18.3. The first-order valence-corrected chi connectivity index (χ1v) is 5.62. The molecule has 98 valence electrons. The highest BCUT2D eigenvalue weighted by Crippen LogP contribution is 2.32. The number of nitro groups is 1. The number of aromatic nitrogens is 2. The molecule has 0 aromatic carbocycles. The van der Waals surface area contributed by atoms with Crippen LogP contribution in [0.3, 0.4) is 0 Å². The van der Waals surface area contributed by atoms with Crippen LogP contribution in [0.2, 0.25) is 0 Å². The van der Waals surface area contributed by atoms with E-state index in [1.54, 1.807) is 14.2 Å². The van der Waals surface area contributed by atoms with Crippen LogP contribution >= 0.6 is 0 Å². The van der Waals surface area contributed by atoms with Crippen LogP contribution in [0.1, 0.15) is 12.8 Å². The summed E-state index contributed by atoms with van der Waals surface area (Å²) < 4.78 is 5.16. The normalized spacial score (nSPS) is 22.1. The molecule has 1 fully saturated rings. The second-order valence-electron chi connectivity index (χ2n) is 4.10. The van der Waals surface area contributed by atoms with Gasteiger partial charge in [0.15, 0.2) is 0 Å². The zero-order valence-electron chi connectivity index (χ0n) is 10.2. The molecule has 1 aromatic rings. The zero-order valence-corrected chi connectivity index (χ0v) is 10.2. The predicted molar refractivity (Wildman–Crippen MR) is 65.7 cm³/mol. The van der Waals surface area contributed by atoms with E-state index < -0.39 is 4.92 Å². The summed E-state index contributed by atoms with van der Waals surface area (Å²) in [5, 5.41) is 16.8. The van der Waals surface area contributed by atoms with Crippen LogP contribution in [-0.4, -0.2) is 41.2 Å². The molecule has 8 heteroatoms. The summed E-state index contributed by atoms with van der Waals surface area (Å²) in [5.41, 5.74) is -0.124. The van der Waals surface area contributed by atoms with Crippen molar-refractivity contribution in [2.45, 2.75) is 25.0 Å². The number of ether oxygens (including phenoxy) is 1. The zero-order chi connectivity index (χ0) is 13.1. The van der Waals surface area contributed by atoms with Gasteiger partial charge in [0.1, 0.15) is 6.33 Å². The first kappa shape index (κ1) is 12.5. The fourth-order valence-corrected chi connectivity index (χ4v) is 1.91. The highest BCUT2D eigenvalue weighted by Gasteiger charge is 2.32. The van der Waals surface area contributed by atoms with Gasteiger partial charge in [-0.05, 0) is 12.8 Å². The van der Waals surface area contributed by atoms with Gasteiger partial charge in [-0.25, -0.2) is 9.97 Å². The largest absolute Gasteiger partial charge is 0.381 e. The minimum absolute atomic E-state index is 0.124. The fourth-order valence-electron chi connectivity index (χ4n) is 1.91. The summed E-state index contributed by atoms with van der Waals surface area (Å²) in [5.74, 6) is 0.457. The van der Waals surface area contributed by atoms with Gasteiger partial charge in [0.25, 0.3) is 0 Å². The second kappa shape index (κ2) is 5.13. The molecule has 1 aromatic heterocycles. The second-order valence-corrected chi connectivity index (χ2v) is 4.10. The van der Waals surface area contributed by atoms with Gasteiger partial charge in [-0.3, -0.25) is 10.1 Å². The first-order valence-electron chi connectivity index (χ1n) is 5.62. The van der Waals surface area contributed by atoms with Crippen molar-refractivity contribution in [1.82, 2.24) is 9.97 Å². The Hall–Kier alpha value is -1.96. The Morgan fingerprint density at radius 3 is 2.67 bits per heavy atom. The summed E-state index contributed by atoms with van der Waals surface area (Å²) in [6, 6.07) is 0.160. The molecule has 0 amide bonds. The van der Waals surface area contributed by atoms with Crippen molar-refractivity contribution in [1.29, 1.82) is 0 Å². The summed E-state index contributed by atoms with van der Waals surface area (Å²) in [6.45, 7) is 0. The predicted octanol–water partition coefficient (Wildman–Crippen LogP) is 1.02. The van der Waals surface area contributed by atoms with E-state index in [1.807, 2.05) is 0 Å². The molecule has 0 saturated heterocycles. The minimum atomic E-state index is -0.485. The molecule has 0 atom stereocenters. The molecule has 8 nitrogen and oxygen atoms in total. The first-order chi connectivity index (χ1) is 8.65. The number of methoxy groups -OCH3 is 1. The molecule has 1 aliphatic rings. The molecule has 0 bridgehead atoms. The van der Waals surface area contributed by atoms with E-state index in [0.29, 0.717) is 0 Å². The van der Waals surface area contributed by atoms with Gasteiger partial charge in [0.05, 0.1) is 11.0 Å². The maximum atomic E-state index is 11.0. The third-order valence-corrected chi connectivity index (χ3v) is 3.01. The van der Waals surface area contributed by atoms with Crippen molar-refractivity contribution in [2.75, 3.05) is 24.8 Å². The van der Waals surface area contributed by atoms with Crippen LogP contribution in [0, 0.1) is 10.1 Å². The Balaban J connectivity index is 2.15. The molecule has 0 unspecified atom stereocenters. The molecule has 1 aliphatic carbocycles. The molecule has 18 heavy (non-hydrogen) atoms. The fraction of sp³-hybridized carbons (Fsp3) is 0.600. The lowest BCUT2D eigenvalue weighted by Crippen LogP contribution is -2.40. The Morgan fingerprint density at radius 1 is 1.44 bits per heavy atom. The number of hydrogen-bond donors (Lipinski definition) is 2. The lowest BCUT2D eigenvalue weighted by Gasteiger charge is -2.34. The topological polar surface area (TPSA) is 102 Å². The highest BCUT2D eigenvalue weighted by molar-refractivity contribution is 5.69. The van der Waals surface area contributed by atoms with Crippen molar-refractivity contribution < 1.29 is 9.66 Å². The van der Waals surface area contributed by atoms with Crippen LogP contribution in [0.15, 0.2) is 6.33 Å². The minimum Gasteiger partial charge on any atom is -0.381 e. The van der Waals surface area contributed by atoms with E-state index in [-0.39, 0.29) is 29.5 Å². The van der Waals surface area contributed by atoms with E-state index in [4.69, 9.17) is 4.74 Å². The molecule has 2 N–H and O–H groups in total. The van der Waals surface area contributed by atoms with E-state index in [2.05, 4.69) is 20.6 Å². The molecule has 0 radical (unpaired) electrons. The third kappa shape index (κ3) is 2.33. The molecular weight excluding hydrogens is 238 g/mol. The Labute approximate surface area is 104 Å². The Bertz CT molecular complexity index is 447. The Morgan fingerprint density at radius 2 is 2.11 bits per heavy atom. The highest BCUT2D eigenvalue weighted by atomic mass is 16.6. The van der Waals surface area contributed by atoms with Gasteiger partial charge in [0, 0.05) is 20.2 Å². The smallest absolute Gasteiger partial charge is 0.353 e. The Kier molecular flexibility index (Phi) is 3.56. The van der Waals surface area contributed by atoms with Crippen LogP contribution in [0.5, 0.6) is 0 Å². The van der Waals surface area contributed by atoms with Crippen molar-refractivity contribution >= 4 is 17.3 Å². The maximum Gasteiger partial charge on any atom is 0.353 e. The average Bonchev–Trinajstić information content (AvgIpc) is 2.32. The molecule has 1 saturated carbocycles. The van der Waals surface area contributed by atoms with Crippen molar-refractivity contribution in [3.63, 3.8) is 0 Å². The lowest BCUT2D eigenvalue weighted by molar-refractivity contribution is -0.383. The average molecular weight is 253 g/mol. The lowest BCUT2D eigenvalue weighted by atomic mass is 9.89. The van der Waals surface area contributed by atoms with Gasteiger partial charge < -0.3 is 15.4 Å². The van der Waals surface area contributed by atoms with Crippen molar-refractivity contribution in [2.24, 2.45) is 0 Å². The van der Waals surface area contributed by atoms with Crippen molar-refractivity contribution in [3.05, 3.63) is 16.4 Å². The van der Waals surface area contributed by atoms with Gasteiger partial charge in [0.2, 0.25) is 11.6 Å². The number of anilines is 2. The van der Waals surface area contributed by atoms with Gasteiger partial charge >= 0.3 is 5.69 Å². The monoisotopic (exact) mass is 253 g/mol. The number of rotatable bonds is 5. The van der Waals surface area contributed by atoms with Crippen LogP contribution < -0.4 is 10.6 Å². The summed E-state index contributed by atoms with van der Waals surface area (Å²) in [6.07, 6.45) is 3.18. The standard InChI is InChI=1S/C10H15N5O3/c1-11-9-8(15(16)17)10(13-5-12-9)14-6-3-7(4-6)18-2/h5-7H,3-4H2,1-2H3,(H2,11,12,13,14). The van der Waals surface area contributed by atoms with E-state index in [1.165, 1.54) is 6.33 Å². The van der Waals surface area contributed by atoms with Crippen molar-refractivity contribution in [3.8, 4) is 0 Å². The SMILES string of the molecule is CNc1ncnc(NC2CC(OC)C2)c1[N+](=O)[O-]. The van der Waals surface area contributed by atoms with Crippen LogP contribution in [-0.2, 0) is 4.74 Å². The third-order valence-electron chi connectivity index (χ3n) is 3.01. The van der Waals surface area contributed by atoms with Gasteiger partial charge in [-0.1, -0.05) is 0 Å². The van der Waals surface area contributed by atoms with E-state index in [9.17, 15) is 10.1 Å². The molecule has 0 spiro atoms. The molecule has 0 aliphatic heterocycles. The van der Waals surface area contributed by atoms with E-state index in [0.717, 1.165) is 12.8 Å². The maximum absolute atomic E-state index is 11.0. The number of nitrogens with one attached hydrogen (secondary N) is 2.